The first-order valence-corrected chi connectivity index (χ1v) is 14.0. The van der Waals surface area contributed by atoms with Gasteiger partial charge in [0, 0.05) is 0 Å². The normalized spacial score (nSPS) is 11.3. The van der Waals surface area contributed by atoms with Gasteiger partial charge in [0.25, 0.3) is 0 Å². The van der Waals surface area contributed by atoms with Crippen molar-refractivity contribution >= 4 is 32.3 Å². The topological polar surface area (TPSA) is 18.5 Å². The zero-order valence-electron chi connectivity index (χ0n) is 23.4. The molecule has 0 bridgehead atoms. The molecule has 0 heterocycles. The van der Waals surface area contributed by atoms with Gasteiger partial charge in [-0.15, -0.1) is 0 Å². The van der Waals surface area contributed by atoms with Crippen molar-refractivity contribution in [1.82, 2.24) is 0 Å². The molecule has 0 saturated carbocycles. The van der Waals surface area contributed by atoms with Crippen LogP contribution in [-0.2, 0) is 0 Å². The Hall–Kier alpha value is -5.08. The molecule has 0 unspecified atom stereocenters. The molecule has 0 fully saturated rings. The number of benzene rings is 7. The summed E-state index contributed by atoms with van der Waals surface area (Å²) >= 11 is 0. The summed E-state index contributed by atoms with van der Waals surface area (Å²) in [6.45, 7) is 6.42. The SMILES string of the molecule is Cc1cccc(-c2c(C)ccc3ccc(Oc4ccc5ccc(Oc6ccc7ccc(C)cc7c6)cc5c4)cc23)c1. The Morgan fingerprint density at radius 3 is 1.54 bits per heavy atom. The van der Waals surface area contributed by atoms with Gasteiger partial charge in [-0.05, 0) is 118 Å². The van der Waals surface area contributed by atoms with E-state index in [0.29, 0.717) is 0 Å². The Bertz CT molecular complexity index is 2090. The zero-order chi connectivity index (χ0) is 27.9. The van der Waals surface area contributed by atoms with E-state index >= 15 is 0 Å². The molecule has 0 aromatic heterocycles. The minimum absolute atomic E-state index is 0.792. The van der Waals surface area contributed by atoms with Crippen molar-refractivity contribution in [1.29, 1.82) is 0 Å². The minimum atomic E-state index is 0.792. The molecule has 41 heavy (non-hydrogen) atoms. The molecule has 0 atom stereocenters. The third-order valence-corrected chi connectivity index (χ3v) is 7.73. The Morgan fingerprint density at radius 1 is 0.390 bits per heavy atom. The molecule has 198 valence electrons. The van der Waals surface area contributed by atoms with Crippen molar-refractivity contribution < 1.29 is 9.47 Å². The van der Waals surface area contributed by atoms with Gasteiger partial charge in [-0.25, -0.2) is 0 Å². The lowest BCUT2D eigenvalue weighted by Gasteiger charge is -2.14. The highest BCUT2D eigenvalue weighted by Gasteiger charge is 2.10. The van der Waals surface area contributed by atoms with Crippen LogP contribution in [0.2, 0.25) is 0 Å². The molecular weight excluding hydrogens is 500 g/mol. The lowest BCUT2D eigenvalue weighted by molar-refractivity contribution is 0.482. The average Bonchev–Trinajstić information content (AvgIpc) is 2.96. The maximum absolute atomic E-state index is 6.43. The van der Waals surface area contributed by atoms with Crippen LogP contribution in [-0.4, -0.2) is 0 Å². The van der Waals surface area contributed by atoms with Gasteiger partial charge in [0.1, 0.15) is 23.0 Å². The molecule has 0 aliphatic carbocycles. The fraction of sp³-hybridized carbons (Fsp3) is 0.0769. The van der Waals surface area contributed by atoms with E-state index in [0.717, 1.165) is 33.8 Å². The Kier molecular flexibility index (Phi) is 6.17. The quantitative estimate of drug-likeness (QED) is 0.220. The lowest BCUT2D eigenvalue weighted by atomic mass is 9.93. The summed E-state index contributed by atoms with van der Waals surface area (Å²) in [4.78, 5) is 0. The molecule has 0 aliphatic heterocycles. The Labute approximate surface area is 240 Å². The summed E-state index contributed by atoms with van der Waals surface area (Å²) in [6.07, 6.45) is 0. The molecule has 2 heteroatoms. The third kappa shape index (κ3) is 5.01. The summed E-state index contributed by atoms with van der Waals surface area (Å²) in [5.74, 6) is 3.23. The Balaban J connectivity index is 1.20. The van der Waals surface area contributed by atoms with Crippen LogP contribution in [0.25, 0.3) is 43.4 Å². The highest BCUT2D eigenvalue weighted by atomic mass is 16.5. The van der Waals surface area contributed by atoms with Crippen molar-refractivity contribution in [2.24, 2.45) is 0 Å². The van der Waals surface area contributed by atoms with Gasteiger partial charge in [0.05, 0.1) is 0 Å². The van der Waals surface area contributed by atoms with Crippen molar-refractivity contribution in [3.05, 3.63) is 144 Å². The van der Waals surface area contributed by atoms with Gasteiger partial charge in [0.2, 0.25) is 0 Å². The summed E-state index contributed by atoms with van der Waals surface area (Å²) in [6, 6.07) is 44.5. The smallest absolute Gasteiger partial charge is 0.128 e. The molecule has 0 N–H and O–H groups in total. The fourth-order valence-electron chi connectivity index (χ4n) is 5.66. The largest absolute Gasteiger partial charge is 0.457 e. The predicted octanol–water partition coefficient (Wildman–Crippen LogP) is 11.3. The molecule has 7 aromatic rings. The second-order valence-corrected chi connectivity index (χ2v) is 10.9. The summed E-state index contributed by atoms with van der Waals surface area (Å²) in [5.41, 5.74) is 6.22. The van der Waals surface area contributed by atoms with E-state index in [9.17, 15) is 0 Å². The van der Waals surface area contributed by atoms with Crippen LogP contribution in [0.3, 0.4) is 0 Å². The molecule has 0 aliphatic rings. The third-order valence-electron chi connectivity index (χ3n) is 7.73. The summed E-state index contributed by atoms with van der Waals surface area (Å²) < 4.78 is 12.7. The van der Waals surface area contributed by atoms with Crippen molar-refractivity contribution in [2.45, 2.75) is 20.8 Å². The van der Waals surface area contributed by atoms with E-state index in [1.54, 1.807) is 0 Å². The van der Waals surface area contributed by atoms with Gasteiger partial charge < -0.3 is 9.47 Å². The van der Waals surface area contributed by atoms with Crippen LogP contribution < -0.4 is 9.47 Å². The number of hydrogen-bond acceptors (Lipinski definition) is 2. The molecule has 7 aromatic carbocycles. The first kappa shape index (κ1) is 24.9. The fourth-order valence-corrected chi connectivity index (χ4v) is 5.66. The van der Waals surface area contributed by atoms with E-state index < -0.39 is 0 Å². The van der Waals surface area contributed by atoms with E-state index in [-0.39, 0.29) is 0 Å². The molecule has 2 nitrogen and oxygen atoms in total. The van der Waals surface area contributed by atoms with Crippen molar-refractivity contribution in [2.75, 3.05) is 0 Å². The molecule has 0 spiro atoms. The highest BCUT2D eigenvalue weighted by molar-refractivity contribution is 5.99. The number of hydrogen-bond donors (Lipinski definition) is 0. The second-order valence-electron chi connectivity index (χ2n) is 10.9. The van der Waals surface area contributed by atoms with Crippen molar-refractivity contribution in [3.63, 3.8) is 0 Å². The van der Waals surface area contributed by atoms with Crippen LogP contribution in [0.15, 0.2) is 127 Å². The number of ether oxygens (including phenoxy) is 2. The van der Waals surface area contributed by atoms with Gasteiger partial charge in [-0.2, -0.15) is 0 Å². The second kappa shape index (κ2) is 10.1. The summed E-state index contributed by atoms with van der Waals surface area (Å²) in [7, 11) is 0. The highest BCUT2D eigenvalue weighted by Crippen LogP contribution is 2.36. The molecule has 0 radical (unpaired) electrons. The van der Waals surface area contributed by atoms with Gasteiger partial charge in [0.15, 0.2) is 0 Å². The van der Waals surface area contributed by atoms with Gasteiger partial charge in [-0.1, -0.05) is 90.0 Å². The first-order valence-electron chi connectivity index (χ1n) is 14.0. The zero-order valence-corrected chi connectivity index (χ0v) is 23.4. The van der Waals surface area contributed by atoms with Gasteiger partial charge >= 0.3 is 0 Å². The number of rotatable bonds is 5. The molecule has 0 amide bonds. The summed E-state index contributed by atoms with van der Waals surface area (Å²) in [5, 5.41) is 6.97. The van der Waals surface area contributed by atoms with E-state index in [1.165, 1.54) is 49.4 Å². The lowest BCUT2D eigenvalue weighted by Crippen LogP contribution is -1.90. The van der Waals surface area contributed by atoms with Crippen LogP contribution in [0.5, 0.6) is 23.0 Å². The van der Waals surface area contributed by atoms with Crippen LogP contribution >= 0.6 is 0 Å². The van der Waals surface area contributed by atoms with Gasteiger partial charge in [-0.3, -0.25) is 0 Å². The van der Waals surface area contributed by atoms with E-state index in [4.69, 9.17) is 9.47 Å². The van der Waals surface area contributed by atoms with E-state index in [2.05, 4.69) is 124 Å². The maximum Gasteiger partial charge on any atom is 0.128 e. The maximum atomic E-state index is 6.43. The molecular formula is C39H30O2. The molecule has 0 saturated heterocycles. The van der Waals surface area contributed by atoms with Crippen LogP contribution in [0.1, 0.15) is 16.7 Å². The predicted molar refractivity (Wildman–Crippen MR) is 172 cm³/mol. The standard InChI is InChI=1S/C39H30O2/c1-25-5-4-6-31(19-25)39-27(3)8-10-30-14-18-37(24-38(30)39)41-36-17-13-29-12-16-35(22-33(29)23-36)40-34-15-11-28-9-7-26(2)20-32(28)21-34/h4-24H,1-3H3. The molecule has 7 rings (SSSR count). The first-order chi connectivity index (χ1) is 20.0. The van der Waals surface area contributed by atoms with Crippen LogP contribution in [0.4, 0.5) is 0 Å². The monoisotopic (exact) mass is 530 g/mol. The number of aryl methyl sites for hydroxylation is 3. The van der Waals surface area contributed by atoms with Crippen molar-refractivity contribution in [3.8, 4) is 34.1 Å². The Morgan fingerprint density at radius 2 is 0.902 bits per heavy atom. The van der Waals surface area contributed by atoms with Crippen LogP contribution in [0, 0.1) is 20.8 Å². The number of fused-ring (bicyclic) bond motifs is 3. The average molecular weight is 531 g/mol. The van der Waals surface area contributed by atoms with E-state index in [1.807, 2.05) is 24.3 Å². The minimum Gasteiger partial charge on any atom is -0.457 e.